The molecule has 98 valence electrons. The number of carboxylic acids is 1. The van der Waals surface area contributed by atoms with E-state index in [1.807, 2.05) is 24.3 Å². The van der Waals surface area contributed by atoms with E-state index in [-0.39, 0.29) is 18.4 Å². The van der Waals surface area contributed by atoms with Crippen LogP contribution in [0.15, 0.2) is 28.7 Å². The van der Waals surface area contributed by atoms with Crippen molar-refractivity contribution in [1.29, 1.82) is 0 Å². The van der Waals surface area contributed by atoms with Crippen LogP contribution in [0.1, 0.15) is 5.56 Å². The topological polar surface area (TPSA) is 74.7 Å². The van der Waals surface area contributed by atoms with E-state index < -0.39 is 23.7 Å². The van der Waals surface area contributed by atoms with Gasteiger partial charge in [-0.05, 0) is 17.7 Å². The SMILES string of the molecule is O=C(O)C1C2C(=O)N(Cc3cccc(Br)c3)C(=O)C12. The van der Waals surface area contributed by atoms with Crippen molar-refractivity contribution in [3.63, 3.8) is 0 Å². The number of rotatable bonds is 3. The maximum absolute atomic E-state index is 12.0. The van der Waals surface area contributed by atoms with E-state index in [9.17, 15) is 14.4 Å². The van der Waals surface area contributed by atoms with E-state index in [2.05, 4.69) is 15.9 Å². The minimum atomic E-state index is -1.06. The third-order valence-electron chi connectivity index (χ3n) is 3.64. The zero-order valence-corrected chi connectivity index (χ0v) is 11.3. The molecule has 6 heteroatoms. The summed E-state index contributed by atoms with van der Waals surface area (Å²) in [6, 6.07) is 7.34. The summed E-state index contributed by atoms with van der Waals surface area (Å²) >= 11 is 3.32. The Labute approximate surface area is 117 Å². The number of nitrogens with zero attached hydrogens (tertiary/aromatic N) is 1. The van der Waals surface area contributed by atoms with E-state index in [0.717, 1.165) is 14.9 Å². The molecule has 5 nitrogen and oxygen atoms in total. The molecular formula is C13H10BrNO4. The molecule has 0 bridgehead atoms. The van der Waals surface area contributed by atoms with E-state index in [0.29, 0.717) is 0 Å². The third-order valence-corrected chi connectivity index (χ3v) is 4.13. The van der Waals surface area contributed by atoms with Gasteiger partial charge in [-0.2, -0.15) is 0 Å². The Hall–Kier alpha value is -1.69. The zero-order chi connectivity index (χ0) is 13.7. The lowest BCUT2D eigenvalue weighted by Crippen LogP contribution is -2.35. The minimum absolute atomic E-state index is 0.205. The van der Waals surface area contributed by atoms with E-state index >= 15 is 0 Å². The van der Waals surface area contributed by atoms with Crippen LogP contribution in [0.5, 0.6) is 0 Å². The van der Waals surface area contributed by atoms with Crippen molar-refractivity contribution < 1.29 is 19.5 Å². The maximum Gasteiger partial charge on any atom is 0.308 e. The zero-order valence-electron chi connectivity index (χ0n) is 9.75. The van der Waals surface area contributed by atoms with Gasteiger partial charge in [-0.15, -0.1) is 0 Å². The Kier molecular flexibility index (Phi) is 2.70. The number of amides is 2. The lowest BCUT2D eigenvalue weighted by molar-refractivity contribution is -0.149. The van der Waals surface area contributed by atoms with Crippen molar-refractivity contribution in [3.8, 4) is 0 Å². The van der Waals surface area contributed by atoms with Crippen LogP contribution < -0.4 is 0 Å². The first-order valence-corrected chi connectivity index (χ1v) is 6.62. The van der Waals surface area contributed by atoms with Gasteiger partial charge in [0, 0.05) is 4.47 Å². The van der Waals surface area contributed by atoms with Crippen molar-refractivity contribution in [2.45, 2.75) is 6.54 Å². The van der Waals surface area contributed by atoms with Gasteiger partial charge >= 0.3 is 5.97 Å². The summed E-state index contributed by atoms with van der Waals surface area (Å²) < 4.78 is 0.873. The third kappa shape index (κ3) is 1.87. The number of hydrogen-bond donors (Lipinski definition) is 1. The average Bonchev–Trinajstić information content (AvgIpc) is 3.04. The highest BCUT2D eigenvalue weighted by atomic mass is 79.9. The summed E-state index contributed by atoms with van der Waals surface area (Å²) in [6.45, 7) is 0.205. The molecule has 1 saturated heterocycles. The highest BCUT2D eigenvalue weighted by Gasteiger charge is 2.70. The first kappa shape index (κ1) is 12.3. The molecular weight excluding hydrogens is 314 g/mol. The molecule has 19 heavy (non-hydrogen) atoms. The Morgan fingerprint density at radius 3 is 2.42 bits per heavy atom. The first-order chi connectivity index (χ1) is 9.00. The molecule has 2 aliphatic rings. The molecule has 0 spiro atoms. The standard InChI is InChI=1S/C13H10BrNO4/c14-7-3-1-2-6(4-7)5-15-11(16)8-9(12(15)17)10(8)13(18)19/h1-4,8-10H,5H2,(H,18,19). The van der Waals surface area contributed by atoms with Crippen LogP contribution in [0.4, 0.5) is 0 Å². The van der Waals surface area contributed by atoms with Crippen molar-refractivity contribution in [2.24, 2.45) is 17.8 Å². The van der Waals surface area contributed by atoms with Crippen LogP contribution >= 0.6 is 15.9 Å². The van der Waals surface area contributed by atoms with Gasteiger partial charge < -0.3 is 5.11 Å². The monoisotopic (exact) mass is 323 g/mol. The normalized spacial score (nSPS) is 28.5. The molecule has 1 heterocycles. The van der Waals surface area contributed by atoms with Gasteiger partial charge in [0.15, 0.2) is 0 Å². The molecule has 1 aliphatic heterocycles. The second-order valence-corrected chi connectivity index (χ2v) is 5.72. The Morgan fingerprint density at radius 1 is 1.26 bits per heavy atom. The van der Waals surface area contributed by atoms with E-state index in [1.54, 1.807) is 0 Å². The maximum atomic E-state index is 12.0. The molecule has 1 N–H and O–H groups in total. The summed E-state index contributed by atoms with van der Waals surface area (Å²) in [5, 5.41) is 8.88. The van der Waals surface area contributed by atoms with Crippen LogP contribution in [-0.2, 0) is 20.9 Å². The molecule has 1 aliphatic carbocycles. The largest absolute Gasteiger partial charge is 0.481 e. The summed E-state index contributed by atoms with van der Waals surface area (Å²) in [5.41, 5.74) is 0.837. The van der Waals surface area contributed by atoms with Gasteiger partial charge in [0.1, 0.15) is 0 Å². The van der Waals surface area contributed by atoms with Crippen LogP contribution in [-0.4, -0.2) is 27.8 Å². The van der Waals surface area contributed by atoms with Gasteiger partial charge in [0.05, 0.1) is 24.3 Å². The number of likely N-dealkylation sites (tertiary alicyclic amines) is 1. The van der Waals surface area contributed by atoms with Gasteiger partial charge in [-0.25, -0.2) is 0 Å². The molecule has 2 atom stereocenters. The van der Waals surface area contributed by atoms with Crippen molar-refractivity contribution in [1.82, 2.24) is 4.90 Å². The van der Waals surface area contributed by atoms with Gasteiger partial charge in [-0.1, -0.05) is 28.1 Å². The number of aliphatic carboxylic acids is 1. The van der Waals surface area contributed by atoms with Crippen LogP contribution in [0.25, 0.3) is 0 Å². The van der Waals surface area contributed by atoms with Crippen molar-refractivity contribution in [3.05, 3.63) is 34.3 Å². The van der Waals surface area contributed by atoms with Crippen LogP contribution in [0.3, 0.4) is 0 Å². The quantitative estimate of drug-likeness (QED) is 0.850. The lowest BCUT2D eigenvalue weighted by Gasteiger charge is -2.17. The molecule has 0 radical (unpaired) electrons. The Morgan fingerprint density at radius 2 is 1.89 bits per heavy atom. The van der Waals surface area contributed by atoms with Crippen LogP contribution in [0, 0.1) is 17.8 Å². The number of fused-ring (bicyclic) bond motifs is 1. The van der Waals surface area contributed by atoms with Crippen molar-refractivity contribution >= 4 is 33.7 Å². The highest BCUT2D eigenvalue weighted by Crippen LogP contribution is 2.53. The molecule has 2 amide bonds. The predicted molar refractivity (Wildman–Crippen MR) is 67.8 cm³/mol. The predicted octanol–water partition coefficient (Wildman–Crippen LogP) is 1.26. The highest BCUT2D eigenvalue weighted by molar-refractivity contribution is 9.10. The molecule has 0 aromatic heterocycles. The van der Waals surface area contributed by atoms with Gasteiger partial charge in [0.25, 0.3) is 0 Å². The fourth-order valence-corrected chi connectivity index (χ4v) is 3.12. The summed E-state index contributed by atoms with van der Waals surface area (Å²) in [7, 11) is 0. The van der Waals surface area contributed by atoms with Gasteiger partial charge in [0.2, 0.25) is 11.8 Å². The van der Waals surface area contributed by atoms with Crippen molar-refractivity contribution in [2.75, 3.05) is 0 Å². The Bertz CT molecular complexity index is 578. The number of carbonyl (C=O) groups is 3. The first-order valence-electron chi connectivity index (χ1n) is 5.83. The molecule has 1 saturated carbocycles. The smallest absolute Gasteiger partial charge is 0.308 e. The van der Waals surface area contributed by atoms with Crippen LogP contribution in [0.2, 0.25) is 0 Å². The minimum Gasteiger partial charge on any atom is -0.481 e. The average molecular weight is 324 g/mol. The number of benzene rings is 1. The molecule has 2 fully saturated rings. The van der Waals surface area contributed by atoms with Gasteiger partial charge in [-0.3, -0.25) is 19.3 Å². The fraction of sp³-hybridized carbons (Fsp3) is 0.308. The molecule has 3 rings (SSSR count). The number of piperidine rings is 1. The number of carboxylic acid groups (broad SMARTS) is 1. The van der Waals surface area contributed by atoms with E-state index in [1.165, 1.54) is 0 Å². The number of imide groups is 1. The molecule has 1 aromatic rings. The molecule has 1 aromatic carbocycles. The number of halogens is 1. The second kappa shape index (κ2) is 4.16. The summed E-state index contributed by atoms with van der Waals surface area (Å²) in [5.74, 6) is -3.86. The number of carbonyl (C=O) groups excluding carboxylic acids is 2. The second-order valence-electron chi connectivity index (χ2n) is 4.81. The summed E-state index contributed by atoms with van der Waals surface area (Å²) in [6.07, 6.45) is 0. The number of hydrogen-bond acceptors (Lipinski definition) is 3. The Balaban J connectivity index is 1.77. The lowest BCUT2D eigenvalue weighted by atomic mass is 10.2. The molecule has 2 unspecified atom stereocenters. The summed E-state index contributed by atoms with van der Waals surface area (Å²) in [4.78, 5) is 36.0. The fourth-order valence-electron chi connectivity index (χ4n) is 2.67. The van der Waals surface area contributed by atoms with E-state index in [4.69, 9.17) is 5.11 Å².